The Balaban J connectivity index is 2.50. The van der Waals surface area contributed by atoms with Crippen LogP contribution in [0.2, 0.25) is 0 Å². The highest BCUT2D eigenvalue weighted by atomic mass is 32.2. The van der Waals surface area contributed by atoms with Gasteiger partial charge in [0.25, 0.3) is 0 Å². The number of hydrogen-bond donors (Lipinski definition) is 0. The van der Waals surface area contributed by atoms with Crippen LogP contribution in [-0.4, -0.2) is 20.8 Å². The number of isocyanates is 1. The molecule has 0 radical (unpaired) electrons. The SMILES string of the molecule is CS(=O)(=O)c1ccc(C2(N=C=O)CC2)c(F)c1. The molecule has 0 heterocycles. The number of benzene rings is 1. The highest BCUT2D eigenvalue weighted by molar-refractivity contribution is 7.90. The van der Waals surface area contributed by atoms with Gasteiger partial charge in [-0.2, -0.15) is 4.99 Å². The Bertz CT molecular complexity index is 614. The lowest BCUT2D eigenvalue weighted by Gasteiger charge is -2.10. The predicted molar refractivity (Wildman–Crippen MR) is 58.5 cm³/mol. The molecule has 0 unspecified atom stereocenters. The van der Waals surface area contributed by atoms with Gasteiger partial charge in [0.05, 0.1) is 4.90 Å². The Morgan fingerprint density at radius 3 is 2.47 bits per heavy atom. The van der Waals surface area contributed by atoms with E-state index in [0.29, 0.717) is 12.8 Å². The normalized spacial score (nSPS) is 17.3. The fourth-order valence-corrected chi connectivity index (χ4v) is 2.38. The van der Waals surface area contributed by atoms with Gasteiger partial charge in [-0.25, -0.2) is 17.6 Å². The van der Waals surface area contributed by atoms with E-state index in [-0.39, 0.29) is 10.5 Å². The van der Waals surface area contributed by atoms with Gasteiger partial charge < -0.3 is 0 Å². The number of sulfone groups is 1. The summed E-state index contributed by atoms with van der Waals surface area (Å²) in [5, 5.41) is 0. The van der Waals surface area contributed by atoms with E-state index in [4.69, 9.17) is 0 Å². The van der Waals surface area contributed by atoms with E-state index in [0.717, 1.165) is 12.3 Å². The second-order valence-electron chi connectivity index (χ2n) is 4.15. The van der Waals surface area contributed by atoms with E-state index in [1.807, 2.05) is 0 Å². The van der Waals surface area contributed by atoms with Crippen molar-refractivity contribution in [2.24, 2.45) is 4.99 Å². The van der Waals surface area contributed by atoms with Crippen molar-refractivity contribution < 1.29 is 17.6 Å². The summed E-state index contributed by atoms with van der Waals surface area (Å²) in [5.41, 5.74) is -0.560. The summed E-state index contributed by atoms with van der Waals surface area (Å²) in [6.45, 7) is 0. The van der Waals surface area contributed by atoms with E-state index in [9.17, 15) is 17.6 Å². The summed E-state index contributed by atoms with van der Waals surface area (Å²) >= 11 is 0. The monoisotopic (exact) mass is 255 g/mol. The second kappa shape index (κ2) is 3.75. The molecule has 2 rings (SSSR count). The van der Waals surface area contributed by atoms with Gasteiger partial charge in [0.15, 0.2) is 9.84 Å². The molecule has 90 valence electrons. The zero-order valence-corrected chi connectivity index (χ0v) is 9.92. The van der Waals surface area contributed by atoms with Crippen LogP contribution in [-0.2, 0) is 20.2 Å². The standard InChI is InChI=1S/C11H10FNO3S/c1-17(15,16)8-2-3-9(10(12)6-8)11(4-5-11)13-7-14/h2-3,6H,4-5H2,1H3. The van der Waals surface area contributed by atoms with Gasteiger partial charge in [-0.05, 0) is 25.0 Å². The first-order chi connectivity index (χ1) is 7.89. The van der Waals surface area contributed by atoms with Gasteiger partial charge in [-0.3, -0.25) is 0 Å². The molecule has 4 nitrogen and oxygen atoms in total. The van der Waals surface area contributed by atoms with Crippen LogP contribution in [0.5, 0.6) is 0 Å². The first-order valence-electron chi connectivity index (χ1n) is 4.98. The summed E-state index contributed by atoms with van der Waals surface area (Å²) in [6.07, 6.45) is 3.60. The average Bonchev–Trinajstić information content (AvgIpc) is 2.97. The van der Waals surface area contributed by atoms with Crippen LogP contribution in [0.15, 0.2) is 28.1 Å². The van der Waals surface area contributed by atoms with Crippen molar-refractivity contribution in [3.05, 3.63) is 29.6 Å². The van der Waals surface area contributed by atoms with Crippen LogP contribution < -0.4 is 0 Å². The molecule has 1 aromatic rings. The minimum absolute atomic E-state index is 0.0790. The summed E-state index contributed by atoms with van der Waals surface area (Å²) in [4.78, 5) is 13.8. The van der Waals surface area contributed by atoms with E-state index < -0.39 is 21.2 Å². The minimum Gasteiger partial charge on any atom is -0.224 e. The molecule has 1 aliphatic rings. The predicted octanol–water partition coefficient (Wildman–Crippen LogP) is 1.55. The molecule has 0 N–H and O–H groups in total. The van der Waals surface area contributed by atoms with Gasteiger partial charge in [0.1, 0.15) is 11.4 Å². The molecule has 0 amide bonds. The quantitative estimate of drug-likeness (QED) is 0.608. The third-order valence-electron chi connectivity index (χ3n) is 2.85. The molecule has 0 atom stereocenters. The summed E-state index contributed by atoms with van der Waals surface area (Å²) < 4.78 is 36.3. The van der Waals surface area contributed by atoms with Gasteiger partial charge in [-0.1, -0.05) is 6.07 Å². The molecule has 1 saturated carbocycles. The van der Waals surface area contributed by atoms with Crippen molar-refractivity contribution in [2.75, 3.05) is 6.26 Å². The smallest absolute Gasteiger partial charge is 0.224 e. The van der Waals surface area contributed by atoms with Crippen molar-refractivity contribution >= 4 is 15.9 Å². The lowest BCUT2D eigenvalue weighted by atomic mass is 10.1. The number of aliphatic imine (C=N–C) groups is 1. The van der Waals surface area contributed by atoms with Gasteiger partial charge in [-0.15, -0.1) is 0 Å². The summed E-state index contributed by atoms with van der Waals surface area (Å²) in [6, 6.07) is 3.67. The number of carbonyl (C=O) groups excluding carboxylic acids is 1. The molecule has 17 heavy (non-hydrogen) atoms. The third kappa shape index (κ3) is 2.14. The Labute approximate surface area is 98.1 Å². The first-order valence-corrected chi connectivity index (χ1v) is 6.87. The minimum atomic E-state index is -3.43. The van der Waals surface area contributed by atoms with Crippen LogP contribution in [0.3, 0.4) is 0 Å². The number of rotatable bonds is 3. The molecule has 0 spiro atoms. The Morgan fingerprint density at radius 2 is 2.06 bits per heavy atom. The Hall–Kier alpha value is -1.52. The molecule has 0 bridgehead atoms. The van der Waals surface area contributed by atoms with Crippen molar-refractivity contribution in [3.63, 3.8) is 0 Å². The maximum absolute atomic E-state index is 13.8. The van der Waals surface area contributed by atoms with Crippen molar-refractivity contribution in [3.8, 4) is 0 Å². The lowest BCUT2D eigenvalue weighted by Crippen LogP contribution is -2.07. The number of hydrogen-bond acceptors (Lipinski definition) is 4. The Kier molecular flexibility index (Phi) is 2.64. The van der Waals surface area contributed by atoms with Crippen molar-refractivity contribution in [1.29, 1.82) is 0 Å². The molecular weight excluding hydrogens is 245 g/mol. The largest absolute Gasteiger partial charge is 0.235 e. The third-order valence-corrected chi connectivity index (χ3v) is 3.96. The van der Waals surface area contributed by atoms with E-state index in [1.54, 1.807) is 0 Å². The molecular formula is C11H10FNO3S. The van der Waals surface area contributed by atoms with Gasteiger partial charge in [0.2, 0.25) is 6.08 Å². The molecule has 1 aromatic carbocycles. The van der Waals surface area contributed by atoms with Crippen LogP contribution in [0, 0.1) is 5.82 Å². The van der Waals surface area contributed by atoms with Gasteiger partial charge >= 0.3 is 0 Å². The zero-order chi connectivity index (χ0) is 12.7. The highest BCUT2D eigenvalue weighted by Crippen LogP contribution is 2.50. The lowest BCUT2D eigenvalue weighted by molar-refractivity contribution is 0.546. The molecule has 1 aliphatic carbocycles. The summed E-state index contributed by atoms with van der Waals surface area (Å²) in [7, 11) is -3.43. The topological polar surface area (TPSA) is 63.6 Å². The molecule has 0 saturated heterocycles. The average molecular weight is 255 g/mol. The maximum atomic E-state index is 13.8. The van der Waals surface area contributed by atoms with E-state index >= 15 is 0 Å². The van der Waals surface area contributed by atoms with Crippen LogP contribution in [0.4, 0.5) is 4.39 Å². The number of halogens is 1. The van der Waals surface area contributed by atoms with E-state index in [2.05, 4.69) is 4.99 Å². The zero-order valence-electron chi connectivity index (χ0n) is 9.10. The fraction of sp³-hybridized carbons (Fsp3) is 0.364. The highest BCUT2D eigenvalue weighted by Gasteiger charge is 2.46. The molecule has 0 aliphatic heterocycles. The van der Waals surface area contributed by atoms with Crippen LogP contribution in [0.1, 0.15) is 18.4 Å². The van der Waals surface area contributed by atoms with Crippen molar-refractivity contribution in [2.45, 2.75) is 23.3 Å². The maximum Gasteiger partial charge on any atom is 0.235 e. The summed E-state index contributed by atoms with van der Waals surface area (Å²) in [5.74, 6) is -0.649. The van der Waals surface area contributed by atoms with Crippen LogP contribution in [0.25, 0.3) is 0 Å². The van der Waals surface area contributed by atoms with E-state index in [1.165, 1.54) is 18.2 Å². The number of nitrogens with zero attached hydrogens (tertiary/aromatic N) is 1. The van der Waals surface area contributed by atoms with Crippen LogP contribution >= 0.6 is 0 Å². The first kappa shape index (κ1) is 12.0. The fourth-order valence-electron chi connectivity index (χ4n) is 1.75. The molecule has 1 fully saturated rings. The van der Waals surface area contributed by atoms with Gasteiger partial charge in [0, 0.05) is 11.8 Å². The Morgan fingerprint density at radius 1 is 1.41 bits per heavy atom. The second-order valence-corrected chi connectivity index (χ2v) is 6.16. The molecule has 0 aromatic heterocycles. The molecule has 6 heteroatoms. The van der Waals surface area contributed by atoms with Crippen molar-refractivity contribution in [1.82, 2.24) is 0 Å².